The first-order valence-corrected chi connectivity index (χ1v) is 10.1. The van der Waals surface area contributed by atoms with Crippen molar-refractivity contribution in [1.82, 2.24) is 25.4 Å². The molecule has 4 aromatic rings. The van der Waals surface area contributed by atoms with Crippen LogP contribution in [-0.4, -0.2) is 50.2 Å². The maximum absolute atomic E-state index is 12.3. The third kappa shape index (κ3) is 4.31. The molecule has 0 bridgehead atoms. The number of hydrogen-bond donors (Lipinski definition) is 3. The van der Waals surface area contributed by atoms with Crippen LogP contribution in [0.2, 0.25) is 0 Å². The summed E-state index contributed by atoms with van der Waals surface area (Å²) in [5.74, 6) is 0.391. The van der Waals surface area contributed by atoms with Crippen LogP contribution >= 0.6 is 0 Å². The van der Waals surface area contributed by atoms with Crippen LogP contribution in [0.15, 0.2) is 46.8 Å². The average Bonchev–Trinajstić information content (AvgIpc) is 3.28. The quantitative estimate of drug-likeness (QED) is 0.366. The number of nitrogens with one attached hydrogen (secondary N) is 2. The highest BCUT2D eigenvalue weighted by Gasteiger charge is 2.15. The first-order valence-electron chi connectivity index (χ1n) is 10.1. The van der Waals surface area contributed by atoms with Gasteiger partial charge in [0.15, 0.2) is 5.52 Å². The summed E-state index contributed by atoms with van der Waals surface area (Å²) < 4.78 is 11.2. The van der Waals surface area contributed by atoms with Crippen molar-refractivity contribution in [2.45, 2.75) is 13.8 Å². The molecule has 3 N–H and O–H groups in total. The number of fused-ring (bicyclic) bond motifs is 1. The highest BCUT2D eigenvalue weighted by molar-refractivity contribution is 5.92. The molecule has 0 aliphatic rings. The van der Waals surface area contributed by atoms with E-state index in [1.54, 1.807) is 18.2 Å². The van der Waals surface area contributed by atoms with Crippen molar-refractivity contribution in [3.8, 4) is 34.0 Å². The Morgan fingerprint density at radius 3 is 2.61 bits per heavy atom. The fourth-order valence-corrected chi connectivity index (χ4v) is 3.38. The zero-order chi connectivity index (χ0) is 23.5. The summed E-state index contributed by atoms with van der Waals surface area (Å²) in [4.78, 5) is 30.7. The highest BCUT2D eigenvalue weighted by Crippen LogP contribution is 2.35. The number of methoxy groups -OCH3 is 1. The van der Waals surface area contributed by atoms with Crippen LogP contribution in [0.25, 0.3) is 39.8 Å². The molecular formula is C23H21N5O5. The lowest BCUT2D eigenvalue weighted by molar-refractivity contribution is -0.132. The number of ether oxygens (including phenoxy) is 2. The van der Waals surface area contributed by atoms with Crippen molar-refractivity contribution < 1.29 is 19.4 Å². The van der Waals surface area contributed by atoms with Crippen LogP contribution in [-0.2, 0) is 4.79 Å². The molecule has 0 aliphatic heterocycles. The van der Waals surface area contributed by atoms with E-state index < -0.39 is 11.5 Å². The summed E-state index contributed by atoms with van der Waals surface area (Å²) >= 11 is 0. The van der Waals surface area contributed by atoms with Gasteiger partial charge in [0, 0.05) is 11.1 Å². The lowest BCUT2D eigenvalue weighted by atomic mass is 9.99. The van der Waals surface area contributed by atoms with Gasteiger partial charge in [-0.3, -0.25) is 4.79 Å². The van der Waals surface area contributed by atoms with E-state index in [9.17, 15) is 14.7 Å². The molecule has 0 unspecified atom stereocenters. The number of H-pyrrole nitrogens is 2. The van der Waals surface area contributed by atoms with Crippen molar-refractivity contribution in [3.05, 3.63) is 57.9 Å². The van der Waals surface area contributed by atoms with Crippen LogP contribution in [0.4, 0.5) is 0 Å². The average molecular weight is 447 g/mol. The molecule has 0 saturated heterocycles. The molecule has 2 aromatic carbocycles. The van der Waals surface area contributed by atoms with Crippen LogP contribution in [0.5, 0.6) is 11.5 Å². The fraction of sp³-hybridized carbons (Fsp3) is 0.174. The maximum atomic E-state index is 12.3. The van der Waals surface area contributed by atoms with Gasteiger partial charge in [0.1, 0.15) is 17.3 Å². The minimum absolute atomic E-state index is 0.129. The van der Waals surface area contributed by atoms with Gasteiger partial charge in [-0.1, -0.05) is 12.1 Å². The Labute approximate surface area is 187 Å². The van der Waals surface area contributed by atoms with Gasteiger partial charge in [0.05, 0.1) is 19.3 Å². The van der Waals surface area contributed by atoms with Gasteiger partial charge < -0.3 is 19.6 Å². The molecule has 0 amide bonds. The van der Waals surface area contributed by atoms with Gasteiger partial charge in [-0.15, -0.1) is 10.2 Å². The molecule has 0 spiro atoms. The number of carboxylic acids is 1. The predicted molar refractivity (Wildman–Crippen MR) is 122 cm³/mol. The number of rotatable bonds is 7. The number of carboxylic acid groups (broad SMARTS) is 1. The number of hydrogen-bond acceptors (Lipinski definition) is 7. The van der Waals surface area contributed by atoms with Crippen molar-refractivity contribution >= 4 is 23.2 Å². The standard InChI is InChI=1S/C23H21N5O5/c1-4-33-18-11-14(13-6-8-17(32-3)15(10-13)9-12(2)23(30)31)5-7-16(18)20-24-21-19(22(29)25-20)26-28-27-21/h5-11H,4H2,1-3H3,(H,30,31)(H2,24,25,26,27,28,29)/b12-9+. The second kappa shape index (κ2) is 8.95. The number of carbonyl (C=O) groups is 1. The SMILES string of the molecule is CCOc1cc(-c2ccc(OC)c(/C=C(\C)C(=O)O)c2)ccc1-c1nc2n[nH]nc2c(=O)[nH]1. The molecular weight excluding hydrogens is 426 g/mol. The van der Waals surface area contributed by atoms with Gasteiger partial charge in [-0.2, -0.15) is 5.21 Å². The minimum atomic E-state index is -1.00. The Hall–Kier alpha value is -4.47. The second-order valence-electron chi connectivity index (χ2n) is 7.14. The van der Waals surface area contributed by atoms with E-state index in [1.165, 1.54) is 14.0 Å². The molecule has 0 fully saturated rings. The largest absolute Gasteiger partial charge is 0.496 e. The van der Waals surface area contributed by atoms with Crippen LogP contribution in [0.1, 0.15) is 19.4 Å². The highest BCUT2D eigenvalue weighted by atomic mass is 16.5. The van der Waals surface area contributed by atoms with Crippen molar-refractivity contribution in [2.75, 3.05) is 13.7 Å². The van der Waals surface area contributed by atoms with E-state index in [2.05, 4.69) is 25.4 Å². The van der Waals surface area contributed by atoms with Gasteiger partial charge in [-0.05, 0) is 55.3 Å². The molecule has 2 heterocycles. The Morgan fingerprint density at radius 1 is 1.12 bits per heavy atom. The van der Waals surface area contributed by atoms with Crippen molar-refractivity contribution in [2.24, 2.45) is 0 Å². The molecule has 33 heavy (non-hydrogen) atoms. The van der Waals surface area contributed by atoms with E-state index in [-0.39, 0.29) is 16.7 Å². The number of benzene rings is 2. The van der Waals surface area contributed by atoms with Gasteiger partial charge in [-0.25, -0.2) is 9.78 Å². The summed E-state index contributed by atoms with van der Waals surface area (Å²) in [6.45, 7) is 3.79. The molecule has 0 saturated carbocycles. The third-order valence-corrected chi connectivity index (χ3v) is 5.00. The summed E-state index contributed by atoms with van der Waals surface area (Å²) in [5.41, 5.74) is 3.02. The molecule has 10 nitrogen and oxygen atoms in total. The summed E-state index contributed by atoms with van der Waals surface area (Å²) in [5, 5.41) is 19.3. The monoisotopic (exact) mass is 447 g/mol. The first kappa shape index (κ1) is 21.8. The Balaban J connectivity index is 1.81. The van der Waals surface area contributed by atoms with Crippen LogP contribution in [0, 0.1) is 0 Å². The third-order valence-electron chi connectivity index (χ3n) is 5.00. The zero-order valence-electron chi connectivity index (χ0n) is 18.2. The second-order valence-corrected chi connectivity index (χ2v) is 7.14. The number of aromatic nitrogens is 5. The van der Waals surface area contributed by atoms with Gasteiger partial charge in [0.25, 0.3) is 5.56 Å². The Morgan fingerprint density at radius 2 is 1.88 bits per heavy atom. The lowest BCUT2D eigenvalue weighted by Gasteiger charge is -2.13. The topological polar surface area (TPSA) is 143 Å². The molecule has 0 atom stereocenters. The van der Waals surface area contributed by atoms with E-state index in [1.807, 2.05) is 31.2 Å². The number of aliphatic carboxylic acids is 1. The van der Waals surface area contributed by atoms with Gasteiger partial charge in [0.2, 0.25) is 5.65 Å². The molecule has 0 aliphatic carbocycles. The van der Waals surface area contributed by atoms with Crippen molar-refractivity contribution in [3.63, 3.8) is 0 Å². The normalized spacial score (nSPS) is 11.5. The Kier molecular flexibility index (Phi) is 5.90. The fourth-order valence-electron chi connectivity index (χ4n) is 3.38. The van der Waals surface area contributed by atoms with Gasteiger partial charge >= 0.3 is 5.97 Å². The summed E-state index contributed by atoms with van der Waals surface area (Å²) in [6.07, 6.45) is 1.56. The van der Waals surface area contributed by atoms with E-state index in [0.717, 1.165) is 11.1 Å². The molecule has 168 valence electrons. The zero-order valence-corrected chi connectivity index (χ0v) is 18.2. The van der Waals surface area contributed by atoms with Crippen molar-refractivity contribution in [1.29, 1.82) is 0 Å². The first-order chi connectivity index (χ1) is 15.9. The van der Waals surface area contributed by atoms with Crippen LogP contribution < -0.4 is 15.0 Å². The summed E-state index contributed by atoms with van der Waals surface area (Å²) in [6, 6.07) is 11.0. The summed E-state index contributed by atoms with van der Waals surface area (Å²) in [7, 11) is 1.53. The number of nitrogens with zero attached hydrogens (tertiary/aromatic N) is 3. The molecule has 10 heteroatoms. The van der Waals surface area contributed by atoms with E-state index in [0.29, 0.717) is 35.1 Å². The van der Waals surface area contributed by atoms with Crippen LogP contribution in [0.3, 0.4) is 0 Å². The predicted octanol–water partition coefficient (Wildman–Crippen LogP) is 3.27. The molecule has 2 aromatic heterocycles. The molecule has 0 radical (unpaired) electrons. The number of aromatic amines is 2. The van der Waals surface area contributed by atoms with E-state index in [4.69, 9.17) is 9.47 Å². The minimum Gasteiger partial charge on any atom is -0.496 e. The smallest absolute Gasteiger partial charge is 0.331 e. The molecule has 4 rings (SSSR count). The maximum Gasteiger partial charge on any atom is 0.331 e. The lowest BCUT2D eigenvalue weighted by Crippen LogP contribution is -2.10. The Bertz CT molecular complexity index is 1440. The van der Waals surface area contributed by atoms with E-state index >= 15 is 0 Å².